The van der Waals surface area contributed by atoms with Crippen LogP contribution in [0.25, 0.3) is 0 Å². The Kier molecular flexibility index (Phi) is 4.79. The van der Waals surface area contributed by atoms with Crippen molar-refractivity contribution < 1.29 is 14.3 Å². The van der Waals surface area contributed by atoms with E-state index in [0.717, 1.165) is 0 Å². The van der Waals surface area contributed by atoms with Crippen LogP contribution in [0.2, 0.25) is 19.6 Å². The number of benzene rings is 1. The van der Waals surface area contributed by atoms with E-state index in [9.17, 15) is 4.79 Å². The minimum absolute atomic E-state index is 0.0270. The highest BCUT2D eigenvalue weighted by molar-refractivity contribution is 6.83. The van der Waals surface area contributed by atoms with E-state index in [1.807, 2.05) is 0 Å². The molecule has 102 valence electrons. The van der Waals surface area contributed by atoms with Gasteiger partial charge in [0.15, 0.2) is 17.3 Å². The Hall–Kier alpha value is -1.73. The van der Waals surface area contributed by atoms with Gasteiger partial charge in [-0.3, -0.25) is 4.79 Å². The van der Waals surface area contributed by atoms with E-state index in [-0.39, 0.29) is 5.78 Å². The molecule has 0 fully saturated rings. The van der Waals surface area contributed by atoms with Gasteiger partial charge in [-0.25, -0.2) is 0 Å². The van der Waals surface area contributed by atoms with Crippen molar-refractivity contribution in [2.24, 2.45) is 0 Å². The van der Waals surface area contributed by atoms with E-state index in [2.05, 4.69) is 31.1 Å². The maximum Gasteiger partial charge on any atom is 0.162 e. The smallest absolute Gasteiger partial charge is 0.162 e. The number of rotatable bonds is 3. The van der Waals surface area contributed by atoms with Crippen molar-refractivity contribution in [2.75, 3.05) is 14.2 Å². The van der Waals surface area contributed by atoms with Crippen LogP contribution in [-0.2, 0) is 0 Å². The van der Waals surface area contributed by atoms with Crippen LogP contribution in [0.3, 0.4) is 0 Å². The number of ketones is 1. The van der Waals surface area contributed by atoms with Gasteiger partial charge in [0.2, 0.25) is 0 Å². The van der Waals surface area contributed by atoms with Gasteiger partial charge in [-0.2, -0.15) is 0 Å². The lowest BCUT2D eigenvalue weighted by atomic mass is 10.0. The van der Waals surface area contributed by atoms with Crippen LogP contribution in [-0.4, -0.2) is 28.1 Å². The molecule has 0 aliphatic rings. The molecule has 3 nitrogen and oxygen atoms in total. The summed E-state index contributed by atoms with van der Waals surface area (Å²) in [6.45, 7) is 8.01. The molecule has 0 heterocycles. The van der Waals surface area contributed by atoms with E-state index in [1.165, 1.54) is 6.92 Å². The Morgan fingerprint density at radius 3 is 2.05 bits per heavy atom. The first-order valence-corrected chi connectivity index (χ1v) is 9.58. The molecule has 0 unspecified atom stereocenters. The Labute approximate surface area is 115 Å². The van der Waals surface area contributed by atoms with Crippen LogP contribution < -0.4 is 9.47 Å². The minimum atomic E-state index is -1.49. The summed E-state index contributed by atoms with van der Waals surface area (Å²) in [7, 11) is 1.63. The van der Waals surface area contributed by atoms with Gasteiger partial charge in [0.25, 0.3) is 0 Å². The molecule has 0 aromatic heterocycles. The number of ether oxygens (including phenoxy) is 2. The van der Waals surface area contributed by atoms with E-state index in [0.29, 0.717) is 22.6 Å². The average Bonchev–Trinajstić information content (AvgIpc) is 2.33. The fourth-order valence-corrected chi connectivity index (χ4v) is 2.04. The number of carbonyl (C=O) groups is 1. The predicted molar refractivity (Wildman–Crippen MR) is 79.8 cm³/mol. The first-order valence-electron chi connectivity index (χ1n) is 6.08. The number of hydrogen-bond acceptors (Lipinski definition) is 3. The van der Waals surface area contributed by atoms with Crippen LogP contribution in [0.5, 0.6) is 11.5 Å². The third-order valence-electron chi connectivity index (χ3n) is 2.48. The normalized spacial score (nSPS) is 10.4. The van der Waals surface area contributed by atoms with Crippen LogP contribution in [0.15, 0.2) is 12.1 Å². The van der Waals surface area contributed by atoms with Gasteiger partial charge < -0.3 is 9.47 Å². The predicted octanol–water partition coefficient (Wildman–Crippen LogP) is 3.14. The van der Waals surface area contributed by atoms with Crippen molar-refractivity contribution in [1.82, 2.24) is 0 Å². The molecule has 0 aliphatic heterocycles. The molecule has 0 atom stereocenters. The number of hydrogen-bond donors (Lipinski definition) is 0. The monoisotopic (exact) mass is 276 g/mol. The maximum absolute atomic E-state index is 11.7. The summed E-state index contributed by atoms with van der Waals surface area (Å²) >= 11 is 0. The zero-order valence-corrected chi connectivity index (χ0v) is 13.4. The Morgan fingerprint density at radius 2 is 1.63 bits per heavy atom. The Balaban J connectivity index is 3.43. The molecule has 1 rings (SSSR count). The van der Waals surface area contributed by atoms with Gasteiger partial charge >= 0.3 is 0 Å². The molecule has 0 amide bonds. The summed E-state index contributed by atoms with van der Waals surface area (Å²) < 4.78 is 10.5. The largest absolute Gasteiger partial charge is 0.493 e. The second-order valence-electron chi connectivity index (χ2n) is 5.31. The Bertz CT molecular complexity index is 545. The fraction of sp³-hybridized carbons (Fsp3) is 0.400. The number of carbonyl (C=O) groups excluding carboxylic acids is 1. The summed E-state index contributed by atoms with van der Waals surface area (Å²) in [6.07, 6.45) is 0. The van der Waals surface area contributed by atoms with Crippen LogP contribution in [0.4, 0.5) is 0 Å². The van der Waals surface area contributed by atoms with E-state index in [1.54, 1.807) is 26.4 Å². The summed E-state index contributed by atoms with van der Waals surface area (Å²) in [5.74, 6) is 4.23. The highest BCUT2D eigenvalue weighted by Crippen LogP contribution is 2.30. The highest BCUT2D eigenvalue weighted by atomic mass is 28.3. The van der Waals surface area contributed by atoms with Crippen molar-refractivity contribution >= 4 is 13.9 Å². The summed E-state index contributed by atoms with van der Waals surface area (Å²) in [6, 6.07) is 3.46. The lowest BCUT2D eigenvalue weighted by Gasteiger charge is -2.11. The molecule has 0 aliphatic carbocycles. The first-order chi connectivity index (χ1) is 8.78. The van der Waals surface area contributed by atoms with Gasteiger partial charge in [0, 0.05) is 17.2 Å². The van der Waals surface area contributed by atoms with Crippen molar-refractivity contribution in [1.29, 1.82) is 0 Å². The zero-order chi connectivity index (χ0) is 14.6. The maximum atomic E-state index is 11.7. The molecular weight excluding hydrogens is 256 g/mol. The van der Waals surface area contributed by atoms with Gasteiger partial charge in [0.05, 0.1) is 14.2 Å². The van der Waals surface area contributed by atoms with E-state index in [4.69, 9.17) is 9.47 Å². The summed E-state index contributed by atoms with van der Waals surface area (Å²) in [5.41, 5.74) is 4.54. The standard InChI is InChI=1S/C15H20O3Si/c1-11(16)13-10-15(18-3)14(17-2)9-12(13)7-8-19(4,5)6/h9-10H,1-6H3. The van der Waals surface area contributed by atoms with E-state index >= 15 is 0 Å². The highest BCUT2D eigenvalue weighted by Gasteiger charge is 2.14. The SMILES string of the molecule is COc1cc(C#C[Si](C)(C)C)c(C(C)=O)cc1OC. The van der Waals surface area contributed by atoms with Crippen molar-refractivity contribution in [3.8, 4) is 23.0 Å². The van der Waals surface area contributed by atoms with Crippen LogP contribution in [0, 0.1) is 11.5 Å². The minimum Gasteiger partial charge on any atom is -0.493 e. The first kappa shape index (κ1) is 15.3. The van der Waals surface area contributed by atoms with Crippen LogP contribution >= 0.6 is 0 Å². The van der Waals surface area contributed by atoms with E-state index < -0.39 is 8.07 Å². The fourth-order valence-electron chi connectivity index (χ4n) is 1.53. The number of methoxy groups -OCH3 is 2. The van der Waals surface area contributed by atoms with Gasteiger partial charge in [-0.15, -0.1) is 5.54 Å². The molecule has 1 aromatic carbocycles. The summed E-state index contributed by atoms with van der Waals surface area (Å²) in [5, 5.41) is 0. The third-order valence-corrected chi connectivity index (χ3v) is 3.35. The molecule has 0 spiro atoms. The second kappa shape index (κ2) is 5.94. The lowest BCUT2D eigenvalue weighted by Crippen LogP contribution is -2.16. The molecule has 4 heteroatoms. The third kappa shape index (κ3) is 4.14. The van der Waals surface area contributed by atoms with Gasteiger partial charge in [-0.05, 0) is 13.0 Å². The molecule has 0 radical (unpaired) electrons. The van der Waals surface area contributed by atoms with Crippen molar-refractivity contribution in [2.45, 2.75) is 26.6 Å². The molecular formula is C15H20O3Si. The molecule has 1 aromatic rings. The molecule has 19 heavy (non-hydrogen) atoms. The van der Waals surface area contributed by atoms with Gasteiger partial charge in [0.1, 0.15) is 8.07 Å². The topological polar surface area (TPSA) is 35.5 Å². The van der Waals surface area contributed by atoms with Crippen LogP contribution in [0.1, 0.15) is 22.8 Å². The van der Waals surface area contributed by atoms with Crippen molar-refractivity contribution in [3.63, 3.8) is 0 Å². The van der Waals surface area contributed by atoms with Gasteiger partial charge in [-0.1, -0.05) is 25.6 Å². The average molecular weight is 276 g/mol. The quantitative estimate of drug-likeness (QED) is 0.483. The molecule has 0 saturated carbocycles. The molecule has 0 bridgehead atoms. The molecule has 0 N–H and O–H groups in total. The summed E-state index contributed by atoms with van der Waals surface area (Å²) in [4.78, 5) is 11.7. The lowest BCUT2D eigenvalue weighted by molar-refractivity contribution is 0.101. The number of Topliss-reactive ketones (excluding diaryl/α,β-unsaturated/α-hetero) is 1. The zero-order valence-electron chi connectivity index (χ0n) is 12.4. The Morgan fingerprint density at radius 1 is 1.11 bits per heavy atom. The molecule has 0 saturated heterocycles. The second-order valence-corrected chi connectivity index (χ2v) is 10.1. The van der Waals surface area contributed by atoms with Crippen molar-refractivity contribution in [3.05, 3.63) is 23.3 Å².